The Bertz CT molecular complexity index is 3580. The fourth-order valence-electron chi connectivity index (χ4n) is 12.7. The maximum atomic E-state index is 15.1. The summed E-state index contributed by atoms with van der Waals surface area (Å²) in [4.78, 5) is 30.5. The lowest BCUT2D eigenvalue weighted by atomic mass is 9.70. The van der Waals surface area contributed by atoms with E-state index >= 15 is 13.2 Å². The average Bonchev–Trinajstić information content (AvgIpc) is 3.69. The summed E-state index contributed by atoms with van der Waals surface area (Å²) in [5.74, 6) is 2.19. The van der Waals surface area contributed by atoms with Gasteiger partial charge in [0, 0.05) is 58.4 Å². The number of morpholine rings is 1. The summed E-state index contributed by atoms with van der Waals surface area (Å²) >= 11 is 0. The van der Waals surface area contributed by atoms with Crippen molar-refractivity contribution in [1.29, 1.82) is 0 Å². The van der Waals surface area contributed by atoms with Crippen LogP contribution in [0.4, 0.5) is 24.5 Å². The van der Waals surface area contributed by atoms with Crippen LogP contribution in [0.25, 0.3) is 40.5 Å². The molecule has 12 rings (SSSR count). The van der Waals surface area contributed by atoms with Crippen molar-refractivity contribution in [1.82, 2.24) is 0 Å². The van der Waals surface area contributed by atoms with E-state index in [2.05, 4.69) is 90.0 Å². The summed E-state index contributed by atoms with van der Waals surface area (Å²) < 4.78 is 69.5. The predicted octanol–water partition coefficient (Wildman–Crippen LogP) is 14.0. The minimum Gasteiger partial charge on any atom is -0.497 e. The molecular weight excluding hydrogens is 998 g/mol. The molecule has 1 saturated heterocycles. The van der Waals surface area contributed by atoms with Crippen molar-refractivity contribution in [2.24, 2.45) is 5.92 Å². The molecule has 1 saturated carbocycles. The number of amides is 1. The zero-order valence-corrected chi connectivity index (χ0v) is 44.6. The standard InChI is InChI=1S/C68H63F3N2O6/c1-3-4-5-7-43-9-11-44(12-10-43)45-13-15-46(16-14-45)47-17-19-48(20-18-47)66(75)72-53-25-30-56(60(40-53)68(69,70)71)49-38-50-42-79-65-58-31-32-67(52-23-28-55(76-2)29-24-52,51-21-26-54(27-22-51)73-33-36-77-37-34-73)41-59(58)57-8-6-35-78-64(57)63(65)62(50)61(74)39-49/h6,8,13-32,35,38,40-41,43-44H,3-5,7,9-12,33-34,36-37,39,42H2,1-2H3,(H,72,75)/t43-,44-,67?. The van der Waals surface area contributed by atoms with Crippen LogP contribution in [-0.2, 0) is 21.1 Å². The normalized spacial score (nSPS) is 20.3. The van der Waals surface area contributed by atoms with Gasteiger partial charge in [0.05, 0.1) is 43.1 Å². The molecule has 1 N–H and O–H groups in total. The molecule has 2 fully saturated rings. The van der Waals surface area contributed by atoms with Crippen LogP contribution in [0.1, 0.15) is 120 Å². The topological polar surface area (TPSA) is 86.3 Å². The Hall–Kier alpha value is -7.89. The molecule has 3 heterocycles. The number of halogens is 3. The Balaban J connectivity index is 0.813. The van der Waals surface area contributed by atoms with Gasteiger partial charge in [-0.1, -0.05) is 124 Å². The SMILES string of the molecule is CCCCC[C@H]1CC[C@H](c2ccc(-c3ccc(C(=O)Nc4ccc(C5=CC6=C(C(=O)C5)c5c(c7c(c8c5OC=CC=8)=CC(c5ccc(OC)cc5)(c5ccc(N8CCOCC8)cc5)C=C7)OC6)c(C(F)(F)F)c4)cc3)cc2)CC1. The second-order valence-electron chi connectivity index (χ2n) is 21.7. The van der Waals surface area contributed by atoms with E-state index in [0.29, 0.717) is 52.9 Å². The van der Waals surface area contributed by atoms with Crippen molar-refractivity contribution in [3.8, 4) is 28.4 Å². The van der Waals surface area contributed by atoms with Crippen LogP contribution in [0.2, 0.25) is 0 Å². The van der Waals surface area contributed by atoms with Crippen LogP contribution < -0.4 is 34.9 Å². The Morgan fingerprint density at radius 1 is 0.823 bits per heavy atom. The molecule has 6 aliphatic rings. The number of fused-ring (bicyclic) bond motifs is 7. The molecule has 1 amide bonds. The summed E-state index contributed by atoms with van der Waals surface area (Å²) in [5.41, 5.74) is 7.21. The maximum Gasteiger partial charge on any atom is 0.417 e. The summed E-state index contributed by atoms with van der Waals surface area (Å²) in [6.45, 7) is 5.20. The molecule has 6 aromatic carbocycles. The number of rotatable bonds is 13. The second kappa shape index (κ2) is 21.7. The highest BCUT2D eigenvalue weighted by Crippen LogP contribution is 2.49. The van der Waals surface area contributed by atoms with Crippen LogP contribution in [0.15, 0.2) is 145 Å². The zero-order chi connectivity index (χ0) is 54.3. The first kappa shape index (κ1) is 51.8. The van der Waals surface area contributed by atoms with Crippen LogP contribution in [-0.4, -0.2) is 51.7 Å². The van der Waals surface area contributed by atoms with E-state index in [1.54, 1.807) is 31.6 Å². The van der Waals surface area contributed by atoms with Gasteiger partial charge in [0.15, 0.2) is 5.78 Å². The number of hydrogen-bond acceptors (Lipinski definition) is 7. The first-order valence-corrected chi connectivity index (χ1v) is 27.8. The molecule has 1 unspecified atom stereocenters. The van der Waals surface area contributed by atoms with Gasteiger partial charge in [0.25, 0.3) is 5.91 Å². The number of allylic oxidation sites excluding steroid dienone is 4. The number of alkyl halides is 3. The summed E-state index contributed by atoms with van der Waals surface area (Å²) in [6, 6.07) is 36.2. The van der Waals surface area contributed by atoms with Gasteiger partial charge in [-0.2, -0.15) is 13.2 Å². The van der Waals surface area contributed by atoms with E-state index in [4.69, 9.17) is 18.9 Å². The number of nitrogens with one attached hydrogen (secondary N) is 1. The number of benzene rings is 6. The van der Waals surface area contributed by atoms with Crippen molar-refractivity contribution >= 4 is 52.4 Å². The van der Waals surface area contributed by atoms with Crippen molar-refractivity contribution in [2.75, 3.05) is 50.2 Å². The minimum atomic E-state index is -4.81. The molecule has 6 aromatic rings. The molecule has 0 radical (unpaired) electrons. The van der Waals surface area contributed by atoms with Crippen molar-refractivity contribution in [2.45, 2.75) is 82.2 Å². The molecule has 402 valence electrons. The Labute approximate surface area is 459 Å². The molecule has 3 aliphatic carbocycles. The van der Waals surface area contributed by atoms with Crippen molar-refractivity contribution in [3.63, 3.8) is 0 Å². The molecule has 0 aromatic heterocycles. The van der Waals surface area contributed by atoms with Crippen molar-refractivity contribution < 1.29 is 41.7 Å². The first-order valence-electron chi connectivity index (χ1n) is 27.8. The molecule has 8 nitrogen and oxygen atoms in total. The van der Waals surface area contributed by atoms with E-state index < -0.39 is 23.1 Å². The fourth-order valence-corrected chi connectivity index (χ4v) is 12.7. The molecule has 11 heteroatoms. The number of carbonyl (C=O) groups excluding carboxylic acids is 2. The van der Waals surface area contributed by atoms with Crippen molar-refractivity contribution in [3.05, 3.63) is 200 Å². The van der Waals surface area contributed by atoms with E-state index in [9.17, 15) is 9.59 Å². The average molecular weight is 1060 g/mol. The van der Waals surface area contributed by atoms with Gasteiger partial charge in [-0.15, -0.1) is 0 Å². The van der Waals surface area contributed by atoms with Crippen LogP contribution in [0.3, 0.4) is 0 Å². The highest BCUT2D eigenvalue weighted by Gasteiger charge is 2.40. The molecule has 79 heavy (non-hydrogen) atoms. The number of carbonyl (C=O) groups is 2. The van der Waals surface area contributed by atoms with Gasteiger partial charge < -0.3 is 29.2 Å². The van der Waals surface area contributed by atoms with E-state index in [0.717, 1.165) is 74.8 Å². The Morgan fingerprint density at radius 3 is 2.23 bits per heavy atom. The number of ketones is 1. The third-order valence-electron chi connectivity index (χ3n) is 17.0. The fraction of sp³-hybridized carbons (Fsp3) is 0.294. The number of Topliss-reactive ketones (excluding diaryl/α,β-unsaturated/α-hetero) is 1. The molecule has 3 aliphatic heterocycles. The smallest absolute Gasteiger partial charge is 0.417 e. The Morgan fingerprint density at radius 2 is 1.53 bits per heavy atom. The lowest BCUT2D eigenvalue weighted by Gasteiger charge is -2.35. The first-order chi connectivity index (χ1) is 38.5. The maximum absolute atomic E-state index is 15.1. The van der Waals surface area contributed by atoms with Gasteiger partial charge in [0.2, 0.25) is 0 Å². The zero-order valence-electron chi connectivity index (χ0n) is 44.6. The Kier molecular flexibility index (Phi) is 14.3. The van der Waals surface area contributed by atoms with Crippen LogP contribution in [0.5, 0.6) is 17.2 Å². The van der Waals surface area contributed by atoms with Crippen LogP contribution in [0, 0.1) is 5.92 Å². The van der Waals surface area contributed by atoms with Gasteiger partial charge in [-0.3, -0.25) is 9.59 Å². The largest absolute Gasteiger partial charge is 0.497 e. The lowest BCUT2D eigenvalue weighted by Crippen LogP contribution is -2.39. The second-order valence-corrected chi connectivity index (χ2v) is 21.7. The summed E-state index contributed by atoms with van der Waals surface area (Å²) in [7, 11) is 1.64. The van der Waals surface area contributed by atoms with E-state index in [-0.39, 0.29) is 35.6 Å². The molecule has 0 bridgehead atoms. The van der Waals surface area contributed by atoms with Crippen LogP contribution >= 0.6 is 0 Å². The van der Waals surface area contributed by atoms with Gasteiger partial charge in [0.1, 0.15) is 23.9 Å². The third-order valence-corrected chi connectivity index (χ3v) is 17.0. The quantitative estimate of drug-likeness (QED) is 0.115. The number of methoxy groups -OCH3 is 1. The number of ether oxygens (including phenoxy) is 4. The number of hydrogen-bond donors (Lipinski definition) is 1. The molecular formula is C68H63F3N2O6. The highest BCUT2D eigenvalue weighted by molar-refractivity contribution is 6.28. The lowest BCUT2D eigenvalue weighted by molar-refractivity contribution is -0.137. The van der Waals surface area contributed by atoms with Gasteiger partial charge in [-0.05, 0) is 142 Å². The highest BCUT2D eigenvalue weighted by atomic mass is 19.4. The van der Waals surface area contributed by atoms with E-state index in [1.165, 1.54) is 69.1 Å². The predicted molar refractivity (Wildman–Crippen MR) is 307 cm³/mol. The monoisotopic (exact) mass is 1060 g/mol. The van der Waals surface area contributed by atoms with E-state index in [1.807, 2.05) is 42.5 Å². The third kappa shape index (κ3) is 10.1. The molecule has 0 spiro atoms. The number of anilines is 2. The van der Waals surface area contributed by atoms with Gasteiger partial charge in [-0.25, -0.2) is 0 Å². The minimum absolute atomic E-state index is 0.0166. The summed E-state index contributed by atoms with van der Waals surface area (Å²) in [5, 5.41) is 4.30. The summed E-state index contributed by atoms with van der Waals surface area (Å²) in [6.07, 6.45) is 18.6. The number of nitrogens with zero attached hydrogens (tertiary/aromatic N) is 1. The van der Waals surface area contributed by atoms with Gasteiger partial charge >= 0.3 is 6.18 Å². The number of unbranched alkanes of at least 4 members (excludes halogenated alkanes) is 2. The molecule has 1 atom stereocenters.